The maximum Gasteiger partial charge on any atom is 0.120 e. The molecule has 0 saturated heterocycles. The average molecular weight is 314 g/mol. The van der Waals surface area contributed by atoms with Crippen molar-refractivity contribution in [3.05, 3.63) is 28.2 Å². The molecule has 0 heterocycles. The summed E-state index contributed by atoms with van der Waals surface area (Å²) in [6.07, 6.45) is 2.36. The Bertz CT molecular complexity index is 364. The lowest BCUT2D eigenvalue weighted by molar-refractivity contribution is 0.338. The largest absolute Gasteiger partial charge is 0.494 e. The molecule has 0 fully saturated rings. The molecule has 2 nitrogen and oxygen atoms in total. The van der Waals surface area contributed by atoms with E-state index >= 15 is 0 Å². The summed E-state index contributed by atoms with van der Waals surface area (Å²) in [6.45, 7) is 7.21. The van der Waals surface area contributed by atoms with Crippen LogP contribution in [0, 0.1) is 5.92 Å². The van der Waals surface area contributed by atoms with Gasteiger partial charge in [0.25, 0.3) is 0 Å². The van der Waals surface area contributed by atoms with Crippen LogP contribution in [0.1, 0.15) is 45.2 Å². The monoisotopic (exact) mass is 313 g/mol. The summed E-state index contributed by atoms with van der Waals surface area (Å²) in [4.78, 5) is 0. The molecule has 0 spiro atoms. The van der Waals surface area contributed by atoms with Gasteiger partial charge in [-0.25, -0.2) is 0 Å². The number of hydrogen-bond donors (Lipinski definition) is 1. The second-order valence-electron chi connectivity index (χ2n) is 4.46. The summed E-state index contributed by atoms with van der Waals surface area (Å²) >= 11 is 3.67. The van der Waals surface area contributed by atoms with E-state index in [1.165, 1.54) is 18.4 Å². The third kappa shape index (κ3) is 3.72. The predicted molar refractivity (Wildman–Crippen MR) is 81.2 cm³/mol. The Morgan fingerprint density at radius 3 is 2.33 bits per heavy atom. The molecule has 0 radical (unpaired) electrons. The van der Waals surface area contributed by atoms with Gasteiger partial charge < -0.3 is 10.1 Å². The molecule has 0 aliphatic rings. The fourth-order valence-electron chi connectivity index (χ4n) is 2.42. The fraction of sp³-hybridized carbons (Fsp3) is 0.600. The van der Waals surface area contributed by atoms with Crippen molar-refractivity contribution in [1.29, 1.82) is 0 Å². The van der Waals surface area contributed by atoms with E-state index < -0.39 is 0 Å². The molecule has 0 amide bonds. The summed E-state index contributed by atoms with van der Waals surface area (Å²) in [7, 11) is 2.03. The van der Waals surface area contributed by atoms with Gasteiger partial charge in [0.2, 0.25) is 0 Å². The van der Waals surface area contributed by atoms with Crippen LogP contribution in [0.2, 0.25) is 0 Å². The van der Waals surface area contributed by atoms with Crippen molar-refractivity contribution in [1.82, 2.24) is 5.32 Å². The normalized spacial score (nSPS) is 12.8. The second-order valence-corrected chi connectivity index (χ2v) is 5.31. The minimum atomic E-state index is 0.394. The van der Waals surface area contributed by atoms with E-state index in [0.29, 0.717) is 18.6 Å². The SMILES string of the molecule is CCOc1ccc(C(NC)C(CC)CC)c(Br)c1. The Labute approximate surface area is 119 Å². The first kappa shape index (κ1) is 15.5. The number of halogens is 1. The van der Waals surface area contributed by atoms with E-state index in [4.69, 9.17) is 4.74 Å². The van der Waals surface area contributed by atoms with Gasteiger partial charge in [-0.3, -0.25) is 0 Å². The molecule has 0 aliphatic heterocycles. The Balaban J connectivity index is 2.99. The van der Waals surface area contributed by atoms with Gasteiger partial charge in [0.05, 0.1) is 6.61 Å². The molecule has 3 heteroatoms. The molecule has 0 aliphatic carbocycles. The lowest BCUT2D eigenvalue weighted by Gasteiger charge is -2.26. The quantitative estimate of drug-likeness (QED) is 0.797. The average Bonchev–Trinajstić information content (AvgIpc) is 2.37. The van der Waals surface area contributed by atoms with E-state index in [1.54, 1.807) is 0 Å². The highest BCUT2D eigenvalue weighted by Crippen LogP contribution is 2.34. The third-order valence-corrected chi connectivity index (χ3v) is 4.14. The van der Waals surface area contributed by atoms with Crippen LogP contribution in [0.4, 0.5) is 0 Å². The van der Waals surface area contributed by atoms with Crippen molar-refractivity contribution in [3.63, 3.8) is 0 Å². The van der Waals surface area contributed by atoms with Gasteiger partial charge in [-0.1, -0.05) is 48.7 Å². The number of nitrogens with one attached hydrogen (secondary N) is 1. The van der Waals surface area contributed by atoms with Crippen LogP contribution in [0.25, 0.3) is 0 Å². The first-order valence-corrected chi connectivity index (χ1v) is 7.56. The third-order valence-electron chi connectivity index (χ3n) is 3.45. The molecule has 0 saturated carbocycles. The highest BCUT2D eigenvalue weighted by atomic mass is 79.9. The zero-order valence-corrected chi connectivity index (χ0v) is 13.4. The Kier molecular flexibility index (Phi) is 6.72. The molecule has 1 N–H and O–H groups in total. The Hall–Kier alpha value is -0.540. The lowest BCUT2D eigenvalue weighted by Crippen LogP contribution is -2.25. The molecule has 1 rings (SSSR count). The van der Waals surface area contributed by atoms with Crippen molar-refractivity contribution < 1.29 is 4.74 Å². The van der Waals surface area contributed by atoms with Gasteiger partial charge in [-0.15, -0.1) is 0 Å². The van der Waals surface area contributed by atoms with Gasteiger partial charge in [-0.05, 0) is 37.6 Å². The van der Waals surface area contributed by atoms with E-state index in [-0.39, 0.29) is 0 Å². The maximum absolute atomic E-state index is 5.52. The molecule has 102 valence electrons. The minimum absolute atomic E-state index is 0.394. The number of ether oxygens (including phenoxy) is 1. The molecule has 0 bridgehead atoms. The van der Waals surface area contributed by atoms with Gasteiger partial charge >= 0.3 is 0 Å². The first-order valence-electron chi connectivity index (χ1n) is 6.77. The molecule has 1 aromatic carbocycles. The smallest absolute Gasteiger partial charge is 0.120 e. The minimum Gasteiger partial charge on any atom is -0.494 e. The summed E-state index contributed by atoms with van der Waals surface area (Å²) in [5.74, 6) is 1.58. The Morgan fingerprint density at radius 1 is 1.22 bits per heavy atom. The second kappa shape index (κ2) is 7.80. The van der Waals surface area contributed by atoms with Crippen molar-refractivity contribution in [2.75, 3.05) is 13.7 Å². The van der Waals surface area contributed by atoms with E-state index in [9.17, 15) is 0 Å². The summed E-state index contributed by atoms with van der Waals surface area (Å²) in [5, 5.41) is 3.44. The molecular formula is C15H24BrNO. The van der Waals surface area contributed by atoms with Crippen LogP contribution in [0.15, 0.2) is 22.7 Å². The van der Waals surface area contributed by atoms with Crippen LogP contribution in [0.3, 0.4) is 0 Å². The van der Waals surface area contributed by atoms with Gasteiger partial charge in [-0.2, -0.15) is 0 Å². The maximum atomic E-state index is 5.52. The summed E-state index contributed by atoms with van der Waals surface area (Å²) in [5.41, 5.74) is 1.31. The first-order chi connectivity index (χ1) is 8.67. The van der Waals surface area contributed by atoms with Crippen LogP contribution >= 0.6 is 15.9 Å². The van der Waals surface area contributed by atoms with Crippen LogP contribution in [0.5, 0.6) is 5.75 Å². The lowest BCUT2D eigenvalue weighted by atomic mass is 9.89. The molecule has 1 aromatic rings. The highest BCUT2D eigenvalue weighted by molar-refractivity contribution is 9.10. The van der Waals surface area contributed by atoms with Crippen LogP contribution < -0.4 is 10.1 Å². The van der Waals surface area contributed by atoms with Crippen molar-refractivity contribution in [2.45, 2.75) is 39.7 Å². The number of hydrogen-bond acceptors (Lipinski definition) is 2. The number of rotatable bonds is 7. The zero-order chi connectivity index (χ0) is 13.5. The molecule has 1 atom stereocenters. The highest BCUT2D eigenvalue weighted by Gasteiger charge is 2.20. The predicted octanol–water partition coefficient (Wildman–Crippen LogP) is 4.54. The van der Waals surface area contributed by atoms with Crippen molar-refractivity contribution >= 4 is 15.9 Å². The van der Waals surface area contributed by atoms with E-state index in [2.05, 4.69) is 53.3 Å². The summed E-state index contributed by atoms with van der Waals surface area (Å²) in [6, 6.07) is 6.67. The van der Waals surface area contributed by atoms with Gasteiger partial charge in [0, 0.05) is 10.5 Å². The van der Waals surface area contributed by atoms with Crippen molar-refractivity contribution in [3.8, 4) is 5.75 Å². The van der Waals surface area contributed by atoms with E-state index in [0.717, 1.165) is 10.2 Å². The van der Waals surface area contributed by atoms with Gasteiger partial charge in [0.1, 0.15) is 5.75 Å². The molecule has 18 heavy (non-hydrogen) atoms. The van der Waals surface area contributed by atoms with Crippen LogP contribution in [-0.2, 0) is 0 Å². The number of benzene rings is 1. The standard InChI is InChI=1S/C15H24BrNO/c1-5-11(6-2)15(17-4)13-9-8-12(18-7-3)10-14(13)16/h8-11,15,17H,5-7H2,1-4H3. The molecule has 1 unspecified atom stereocenters. The van der Waals surface area contributed by atoms with Crippen molar-refractivity contribution in [2.24, 2.45) is 5.92 Å². The summed E-state index contributed by atoms with van der Waals surface area (Å²) < 4.78 is 6.64. The van der Waals surface area contributed by atoms with Gasteiger partial charge in [0.15, 0.2) is 0 Å². The fourth-order valence-corrected chi connectivity index (χ4v) is 3.03. The Morgan fingerprint density at radius 2 is 1.89 bits per heavy atom. The van der Waals surface area contributed by atoms with E-state index in [1.807, 2.05) is 14.0 Å². The van der Waals surface area contributed by atoms with Crippen LogP contribution in [-0.4, -0.2) is 13.7 Å². The topological polar surface area (TPSA) is 21.3 Å². The zero-order valence-electron chi connectivity index (χ0n) is 11.8. The molecular weight excluding hydrogens is 290 g/mol. The molecule has 0 aromatic heterocycles.